The van der Waals surface area contributed by atoms with Gasteiger partial charge in [0.15, 0.2) is 5.69 Å². The maximum atomic E-state index is 10.9. The predicted molar refractivity (Wildman–Crippen MR) is 48.8 cm³/mol. The van der Waals surface area contributed by atoms with Crippen LogP contribution in [-0.2, 0) is 6.54 Å². The Morgan fingerprint density at radius 1 is 1.62 bits per heavy atom. The van der Waals surface area contributed by atoms with E-state index < -0.39 is 5.24 Å². The zero-order valence-corrected chi connectivity index (χ0v) is 8.55. The summed E-state index contributed by atoms with van der Waals surface area (Å²) in [5, 5.41) is 3.01. The topological polar surface area (TPSA) is 46.3 Å². The minimum absolute atomic E-state index is 0.216. The zero-order chi connectivity index (χ0) is 10.0. The summed E-state index contributed by atoms with van der Waals surface area (Å²) >= 11 is 5.33. The number of carbonyl (C=O) groups is 1. The molecule has 0 aliphatic carbocycles. The second-order valence-corrected chi connectivity index (χ2v) is 3.42. The highest BCUT2D eigenvalue weighted by Crippen LogP contribution is 2.16. The highest BCUT2D eigenvalue weighted by Gasteiger charge is 2.17. The number of nitrogens with zero attached hydrogens (tertiary/aromatic N) is 2. The van der Waals surface area contributed by atoms with Crippen LogP contribution in [0.15, 0.2) is 4.52 Å². The van der Waals surface area contributed by atoms with Gasteiger partial charge in [-0.2, -0.15) is 0 Å². The summed E-state index contributed by atoms with van der Waals surface area (Å²) in [6.07, 6.45) is 0. The first-order chi connectivity index (χ1) is 6.02. The largest absolute Gasteiger partial charge is 0.361 e. The summed E-state index contributed by atoms with van der Waals surface area (Å²) in [6, 6.07) is 0. The van der Waals surface area contributed by atoms with Crippen LogP contribution in [0.5, 0.6) is 0 Å². The van der Waals surface area contributed by atoms with Gasteiger partial charge in [-0.05, 0) is 32.6 Å². The lowest BCUT2D eigenvalue weighted by Crippen LogP contribution is -2.13. The fraction of sp³-hybridized carbons (Fsp3) is 0.500. The first kappa shape index (κ1) is 10.2. The third-order valence-electron chi connectivity index (χ3n) is 1.65. The number of aromatic nitrogens is 1. The van der Waals surface area contributed by atoms with Crippen molar-refractivity contribution in [3.63, 3.8) is 0 Å². The molecule has 0 aliphatic heterocycles. The SMILES string of the molecule is Cc1onc(C(=O)Cl)c1CN(C)C. The molecule has 4 nitrogen and oxygen atoms in total. The summed E-state index contributed by atoms with van der Waals surface area (Å²) in [5.74, 6) is 0.637. The predicted octanol–water partition coefficient (Wildman–Crippen LogP) is 1.42. The Morgan fingerprint density at radius 2 is 2.23 bits per heavy atom. The molecule has 0 spiro atoms. The maximum Gasteiger partial charge on any atom is 0.274 e. The number of carbonyl (C=O) groups excluding carboxylic acids is 1. The van der Waals surface area contributed by atoms with Crippen molar-refractivity contribution in [2.75, 3.05) is 14.1 Å². The van der Waals surface area contributed by atoms with Gasteiger partial charge in [0.1, 0.15) is 5.76 Å². The van der Waals surface area contributed by atoms with E-state index >= 15 is 0 Å². The van der Waals surface area contributed by atoms with Crippen molar-refractivity contribution in [1.82, 2.24) is 10.1 Å². The number of aryl methyl sites for hydroxylation is 1. The number of rotatable bonds is 3. The van der Waals surface area contributed by atoms with E-state index in [4.69, 9.17) is 16.1 Å². The molecule has 0 bridgehead atoms. The summed E-state index contributed by atoms with van der Waals surface area (Å²) in [4.78, 5) is 12.8. The highest BCUT2D eigenvalue weighted by molar-refractivity contribution is 6.67. The van der Waals surface area contributed by atoms with Gasteiger partial charge in [0, 0.05) is 12.1 Å². The molecule has 0 atom stereocenters. The first-order valence-electron chi connectivity index (χ1n) is 3.82. The molecule has 13 heavy (non-hydrogen) atoms. The molecule has 1 heterocycles. The van der Waals surface area contributed by atoms with Gasteiger partial charge in [0.2, 0.25) is 0 Å². The van der Waals surface area contributed by atoms with Crippen LogP contribution < -0.4 is 0 Å². The third-order valence-corrected chi connectivity index (χ3v) is 1.82. The van der Waals surface area contributed by atoms with Crippen LogP contribution in [0.3, 0.4) is 0 Å². The second-order valence-electron chi connectivity index (χ2n) is 3.08. The van der Waals surface area contributed by atoms with Crippen LogP contribution in [0.25, 0.3) is 0 Å². The average Bonchev–Trinajstić information content (AvgIpc) is 2.32. The van der Waals surface area contributed by atoms with Crippen LogP contribution in [0.4, 0.5) is 0 Å². The van der Waals surface area contributed by atoms with Crippen molar-refractivity contribution in [3.05, 3.63) is 17.0 Å². The minimum atomic E-state index is -0.575. The van der Waals surface area contributed by atoms with Crippen molar-refractivity contribution in [3.8, 4) is 0 Å². The number of hydrogen-bond acceptors (Lipinski definition) is 4. The van der Waals surface area contributed by atoms with E-state index in [1.165, 1.54) is 0 Å². The monoisotopic (exact) mass is 202 g/mol. The summed E-state index contributed by atoms with van der Waals surface area (Å²) in [6.45, 7) is 2.36. The van der Waals surface area contributed by atoms with E-state index in [2.05, 4.69) is 5.16 Å². The molecule has 0 amide bonds. The van der Waals surface area contributed by atoms with Crippen LogP contribution in [-0.4, -0.2) is 29.4 Å². The molecule has 72 valence electrons. The Labute approximate surface area is 81.4 Å². The molecule has 0 radical (unpaired) electrons. The van der Waals surface area contributed by atoms with E-state index in [1.807, 2.05) is 19.0 Å². The van der Waals surface area contributed by atoms with Crippen LogP contribution in [0.2, 0.25) is 0 Å². The fourth-order valence-corrected chi connectivity index (χ4v) is 1.20. The Balaban J connectivity index is 3.01. The molecule has 1 rings (SSSR count). The van der Waals surface area contributed by atoms with E-state index in [0.717, 1.165) is 5.56 Å². The van der Waals surface area contributed by atoms with Gasteiger partial charge in [0.25, 0.3) is 5.24 Å². The van der Waals surface area contributed by atoms with Gasteiger partial charge < -0.3 is 9.42 Å². The Kier molecular flexibility index (Phi) is 3.06. The lowest BCUT2D eigenvalue weighted by molar-refractivity contribution is 0.107. The minimum Gasteiger partial charge on any atom is -0.361 e. The van der Waals surface area contributed by atoms with E-state index in [0.29, 0.717) is 12.3 Å². The van der Waals surface area contributed by atoms with Crippen molar-refractivity contribution in [2.24, 2.45) is 0 Å². The summed E-state index contributed by atoms with van der Waals surface area (Å²) < 4.78 is 4.88. The van der Waals surface area contributed by atoms with Gasteiger partial charge >= 0.3 is 0 Å². The van der Waals surface area contributed by atoms with Gasteiger partial charge in [-0.3, -0.25) is 4.79 Å². The number of halogens is 1. The summed E-state index contributed by atoms with van der Waals surface area (Å²) in [7, 11) is 3.80. The van der Waals surface area contributed by atoms with E-state index in [1.54, 1.807) is 6.92 Å². The smallest absolute Gasteiger partial charge is 0.274 e. The molecule has 1 aromatic rings. The average molecular weight is 203 g/mol. The van der Waals surface area contributed by atoms with Gasteiger partial charge in [0.05, 0.1) is 0 Å². The molecule has 0 unspecified atom stereocenters. The van der Waals surface area contributed by atoms with Crippen LogP contribution >= 0.6 is 11.6 Å². The molecule has 0 aromatic carbocycles. The molecule has 0 N–H and O–H groups in total. The Morgan fingerprint density at radius 3 is 2.69 bits per heavy atom. The molecule has 0 aliphatic rings. The lowest BCUT2D eigenvalue weighted by atomic mass is 10.2. The lowest BCUT2D eigenvalue weighted by Gasteiger charge is -2.07. The zero-order valence-electron chi connectivity index (χ0n) is 7.80. The molecule has 1 aromatic heterocycles. The fourth-order valence-electron chi connectivity index (χ4n) is 1.05. The Bertz CT molecular complexity index is 320. The molecule has 0 fully saturated rings. The second kappa shape index (κ2) is 3.89. The van der Waals surface area contributed by atoms with Gasteiger partial charge in [-0.1, -0.05) is 5.16 Å². The first-order valence-corrected chi connectivity index (χ1v) is 4.20. The standard InChI is InChI=1S/C8H11ClN2O2/c1-5-6(4-11(2)3)7(8(9)12)10-13-5/h4H2,1-3H3. The molecular formula is C8H11ClN2O2. The summed E-state index contributed by atoms with van der Waals surface area (Å²) in [5.41, 5.74) is 0.970. The van der Waals surface area contributed by atoms with Crippen LogP contribution in [0, 0.1) is 6.92 Å². The highest BCUT2D eigenvalue weighted by atomic mass is 35.5. The van der Waals surface area contributed by atoms with E-state index in [9.17, 15) is 4.79 Å². The van der Waals surface area contributed by atoms with Crippen molar-refractivity contribution < 1.29 is 9.32 Å². The van der Waals surface area contributed by atoms with Gasteiger partial charge in [-0.25, -0.2) is 0 Å². The quantitative estimate of drug-likeness (QED) is 0.696. The van der Waals surface area contributed by atoms with Crippen molar-refractivity contribution >= 4 is 16.8 Å². The van der Waals surface area contributed by atoms with Crippen molar-refractivity contribution in [1.29, 1.82) is 0 Å². The van der Waals surface area contributed by atoms with Crippen molar-refractivity contribution in [2.45, 2.75) is 13.5 Å². The molecule has 0 saturated carbocycles. The van der Waals surface area contributed by atoms with Crippen LogP contribution in [0.1, 0.15) is 21.8 Å². The Hall–Kier alpha value is -0.870. The molecular weight excluding hydrogens is 192 g/mol. The third kappa shape index (κ3) is 2.29. The van der Waals surface area contributed by atoms with E-state index in [-0.39, 0.29) is 5.69 Å². The van der Waals surface area contributed by atoms with Gasteiger partial charge in [-0.15, -0.1) is 0 Å². The molecule has 5 heteroatoms. The normalized spacial score (nSPS) is 10.8. The molecule has 0 saturated heterocycles. The number of hydrogen-bond donors (Lipinski definition) is 0. The maximum absolute atomic E-state index is 10.9.